The molecule has 0 aliphatic carbocycles. The van der Waals surface area contributed by atoms with E-state index in [1.165, 1.54) is 4.68 Å². The van der Waals surface area contributed by atoms with E-state index in [-0.39, 0.29) is 16.8 Å². The van der Waals surface area contributed by atoms with Gasteiger partial charge in [-0.2, -0.15) is 9.67 Å². The standard InChI is InChI=1S/C28H23ClN4O3/c1-3-18-13-15-31(16-14-18)25-24(26(34)32(28(25)36)21-12-8-9-19(29)17-21)23-22(4-2)30-33(27(23)35)20-10-6-5-7-11-20/h5-17H,3-4H2,1-2H3. The molecule has 4 aromatic rings. The predicted octanol–water partition coefficient (Wildman–Crippen LogP) is 3.95. The third kappa shape index (κ3) is 3.87. The average molecular weight is 499 g/mol. The summed E-state index contributed by atoms with van der Waals surface area (Å²) >= 11 is 6.17. The van der Waals surface area contributed by atoms with Crippen LogP contribution < -0.4 is 14.6 Å². The van der Waals surface area contributed by atoms with E-state index >= 15 is 0 Å². The summed E-state index contributed by atoms with van der Waals surface area (Å²) in [4.78, 5) is 28.8. The van der Waals surface area contributed by atoms with Gasteiger partial charge in [-0.25, -0.2) is 9.58 Å². The monoisotopic (exact) mass is 498 g/mol. The van der Waals surface area contributed by atoms with Crippen molar-refractivity contribution in [2.75, 3.05) is 4.90 Å². The van der Waals surface area contributed by atoms with Gasteiger partial charge in [-0.1, -0.05) is 49.7 Å². The Balaban J connectivity index is 1.76. The number of carbonyl (C=O) groups excluding carboxylic acids is 2. The third-order valence-electron chi connectivity index (χ3n) is 6.19. The van der Waals surface area contributed by atoms with Crippen molar-refractivity contribution < 1.29 is 19.3 Å². The lowest BCUT2D eigenvalue weighted by Gasteiger charge is -2.15. The minimum Gasteiger partial charge on any atom is -0.858 e. The number of pyridine rings is 1. The number of anilines is 1. The quantitative estimate of drug-likeness (QED) is 0.298. The lowest BCUT2D eigenvalue weighted by Crippen LogP contribution is -2.39. The van der Waals surface area contributed by atoms with Gasteiger partial charge in [0.05, 0.1) is 17.1 Å². The summed E-state index contributed by atoms with van der Waals surface area (Å²) < 4.78 is 2.88. The number of benzene rings is 2. The Kier molecular flexibility index (Phi) is 6.16. The molecule has 0 saturated carbocycles. The van der Waals surface area contributed by atoms with Crippen LogP contribution in [0.1, 0.15) is 30.7 Å². The van der Waals surface area contributed by atoms with Gasteiger partial charge < -0.3 is 5.11 Å². The van der Waals surface area contributed by atoms with Crippen LogP contribution in [0.2, 0.25) is 5.02 Å². The first-order valence-electron chi connectivity index (χ1n) is 11.7. The number of hydrogen-bond acceptors (Lipinski definition) is 4. The van der Waals surface area contributed by atoms with Crippen molar-refractivity contribution in [2.24, 2.45) is 0 Å². The van der Waals surface area contributed by atoms with Crippen molar-refractivity contribution in [2.45, 2.75) is 26.7 Å². The number of hydrogen-bond donors (Lipinski definition) is 0. The zero-order valence-electron chi connectivity index (χ0n) is 19.8. The maximum Gasteiger partial charge on any atom is 0.331 e. The molecule has 2 aromatic heterocycles. The Labute approximate surface area is 213 Å². The minimum absolute atomic E-state index is 0.0262. The van der Waals surface area contributed by atoms with Gasteiger partial charge in [0.15, 0.2) is 12.4 Å². The molecule has 1 aliphatic rings. The molecule has 0 radical (unpaired) electrons. The molecule has 7 nitrogen and oxygen atoms in total. The highest BCUT2D eigenvalue weighted by molar-refractivity contribution is 6.53. The molecule has 0 fully saturated rings. The first-order chi connectivity index (χ1) is 17.4. The summed E-state index contributed by atoms with van der Waals surface area (Å²) in [5, 5.41) is 18.6. The molecular formula is C28H23ClN4O3. The number of para-hydroxylation sites is 1. The van der Waals surface area contributed by atoms with Crippen molar-refractivity contribution in [3.05, 3.63) is 101 Å². The van der Waals surface area contributed by atoms with E-state index in [4.69, 9.17) is 11.6 Å². The summed E-state index contributed by atoms with van der Waals surface area (Å²) in [6.45, 7) is 3.89. The van der Waals surface area contributed by atoms with Crippen LogP contribution in [0.5, 0.6) is 5.88 Å². The number of nitrogens with zero attached hydrogens (tertiary/aromatic N) is 4. The molecule has 8 heteroatoms. The smallest absolute Gasteiger partial charge is 0.331 e. The Bertz CT molecular complexity index is 1510. The second-order valence-corrected chi connectivity index (χ2v) is 8.78. The van der Waals surface area contributed by atoms with Gasteiger partial charge in [0, 0.05) is 22.7 Å². The van der Waals surface area contributed by atoms with Gasteiger partial charge in [0.2, 0.25) is 0 Å². The van der Waals surface area contributed by atoms with Gasteiger partial charge >= 0.3 is 5.91 Å². The van der Waals surface area contributed by atoms with E-state index in [1.807, 2.05) is 44.2 Å². The van der Waals surface area contributed by atoms with E-state index in [9.17, 15) is 14.7 Å². The molecule has 0 atom stereocenters. The molecule has 2 amide bonds. The number of aromatic nitrogens is 3. The zero-order valence-corrected chi connectivity index (χ0v) is 20.6. The molecule has 0 saturated heterocycles. The summed E-state index contributed by atoms with van der Waals surface area (Å²) in [6, 6.07) is 19.3. The molecule has 180 valence electrons. The van der Waals surface area contributed by atoms with Gasteiger partial charge in [0.1, 0.15) is 5.57 Å². The van der Waals surface area contributed by atoms with Crippen molar-refractivity contribution in [1.29, 1.82) is 0 Å². The fraction of sp³-hybridized carbons (Fsp3) is 0.143. The van der Waals surface area contributed by atoms with Crippen molar-refractivity contribution in [3.63, 3.8) is 0 Å². The van der Waals surface area contributed by atoms with E-state index in [1.54, 1.807) is 53.4 Å². The fourth-order valence-corrected chi connectivity index (χ4v) is 4.55. The minimum atomic E-state index is -0.594. The van der Waals surface area contributed by atoms with Crippen molar-refractivity contribution in [1.82, 2.24) is 9.78 Å². The van der Waals surface area contributed by atoms with Crippen LogP contribution in [-0.4, -0.2) is 21.6 Å². The number of carbonyl (C=O) groups is 2. The Morgan fingerprint density at radius 3 is 2.22 bits per heavy atom. The van der Waals surface area contributed by atoms with Crippen LogP contribution in [0, 0.1) is 0 Å². The molecule has 36 heavy (non-hydrogen) atoms. The highest BCUT2D eigenvalue weighted by atomic mass is 35.5. The van der Waals surface area contributed by atoms with Gasteiger partial charge in [-0.05, 0) is 54.6 Å². The highest BCUT2D eigenvalue weighted by Gasteiger charge is 2.47. The molecule has 5 rings (SSSR count). The molecule has 0 bridgehead atoms. The van der Waals surface area contributed by atoms with E-state index in [2.05, 4.69) is 5.10 Å². The topological polar surface area (TPSA) is 82.1 Å². The second-order valence-electron chi connectivity index (χ2n) is 8.34. The largest absolute Gasteiger partial charge is 0.858 e. The third-order valence-corrected chi connectivity index (χ3v) is 6.43. The van der Waals surface area contributed by atoms with Crippen LogP contribution >= 0.6 is 11.6 Å². The van der Waals surface area contributed by atoms with E-state index in [0.717, 1.165) is 16.9 Å². The average Bonchev–Trinajstić information content (AvgIpc) is 3.36. The summed E-state index contributed by atoms with van der Waals surface area (Å²) in [5.41, 5.74) is 2.68. The Morgan fingerprint density at radius 2 is 1.58 bits per heavy atom. The molecule has 0 spiro atoms. The molecule has 0 unspecified atom stereocenters. The zero-order chi connectivity index (χ0) is 25.4. The Hall–Kier alpha value is -4.23. The summed E-state index contributed by atoms with van der Waals surface area (Å²) in [6.07, 6.45) is 4.69. The summed E-state index contributed by atoms with van der Waals surface area (Å²) in [7, 11) is 0. The number of halogens is 1. The number of aryl methyl sites for hydroxylation is 2. The van der Waals surface area contributed by atoms with Crippen LogP contribution in [-0.2, 0) is 22.4 Å². The predicted molar refractivity (Wildman–Crippen MR) is 135 cm³/mol. The number of imide groups is 1. The summed E-state index contributed by atoms with van der Waals surface area (Å²) in [5.74, 6) is -1.59. The molecule has 0 N–H and O–H groups in total. The fourth-order valence-electron chi connectivity index (χ4n) is 4.36. The second kappa shape index (κ2) is 9.43. The van der Waals surface area contributed by atoms with Crippen molar-refractivity contribution in [3.8, 4) is 11.6 Å². The number of rotatable bonds is 6. The van der Waals surface area contributed by atoms with Crippen LogP contribution in [0.15, 0.2) is 79.1 Å². The van der Waals surface area contributed by atoms with Crippen LogP contribution in [0.4, 0.5) is 5.69 Å². The first-order valence-corrected chi connectivity index (χ1v) is 12.1. The highest BCUT2D eigenvalue weighted by Crippen LogP contribution is 2.39. The van der Waals surface area contributed by atoms with Crippen LogP contribution in [0.3, 0.4) is 0 Å². The van der Waals surface area contributed by atoms with Gasteiger partial charge in [0.25, 0.3) is 11.6 Å². The van der Waals surface area contributed by atoms with Gasteiger partial charge in [-0.15, -0.1) is 0 Å². The van der Waals surface area contributed by atoms with E-state index in [0.29, 0.717) is 28.5 Å². The van der Waals surface area contributed by atoms with Crippen LogP contribution in [0.25, 0.3) is 17.0 Å². The maximum atomic E-state index is 13.9. The van der Waals surface area contributed by atoms with Crippen molar-refractivity contribution >= 4 is 40.4 Å². The SMILES string of the molecule is CCc1cc[n+](C2=C(c3c(CC)nn(-c4ccccc4)c3[O-])C(=O)N(c3cccc(Cl)c3)C2=O)cc1. The molecule has 1 aliphatic heterocycles. The van der Waals surface area contributed by atoms with E-state index < -0.39 is 17.7 Å². The first kappa shape index (κ1) is 23.5. The normalized spacial score (nSPS) is 13.7. The maximum absolute atomic E-state index is 13.9. The molecule has 3 heterocycles. The number of amides is 2. The Morgan fingerprint density at radius 1 is 0.889 bits per heavy atom. The lowest BCUT2D eigenvalue weighted by molar-refractivity contribution is -0.576. The van der Waals surface area contributed by atoms with Gasteiger partial charge in [-0.3, -0.25) is 9.59 Å². The molecule has 2 aromatic carbocycles. The molecular weight excluding hydrogens is 476 g/mol. The lowest BCUT2D eigenvalue weighted by atomic mass is 10.0.